The maximum absolute atomic E-state index is 13.3. The lowest BCUT2D eigenvalue weighted by atomic mass is 9.93. The molecule has 1 fully saturated rings. The van der Waals surface area contributed by atoms with Gasteiger partial charge in [-0.15, -0.1) is 0 Å². The van der Waals surface area contributed by atoms with Gasteiger partial charge >= 0.3 is 0 Å². The molecule has 3 rings (SSSR count). The van der Waals surface area contributed by atoms with E-state index in [1.807, 2.05) is 0 Å². The normalized spacial score (nSPS) is 27.7. The Morgan fingerprint density at radius 3 is 2.84 bits per heavy atom. The van der Waals surface area contributed by atoms with E-state index >= 15 is 0 Å². The molecule has 19 heavy (non-hydrogen) atoms. The van der Waals surface area contributed by atoms with Crippen molar-refractivity contribution in [1.82, 2.24) is 0 Å². The quantitative estimate of drug-likeness (QED) is 0.817. The number of benzene rings is 1. The van der Waals surface area contributed by atoms with Crippen molar-refractivity contribution in [1.29, 1.82) is 0 Å². The Balaban J connectivity index is 1.66. The van der Waals surface area contributed by atoms with Crippen molar-refractivity contribution in [2.45, 2.75) is 12.8 Å². The third-order valence-corrected chi connectivity index (χ3v) is 4.22. The van der Waals surface area contributed by atoms with Gasteiger partial charge in [-0.2, -0.15) is 0 Å². The third kappa shape index (κ3) is 2.35. The van der Waals surface area contributed by atoms with Gasteiger partial charge in [-0.25, -0.2) is 4.39 Å². The molecule has 0 aliphatic heterocycles. The molecule has 4 heteroatoms. The molecule has 0 heterocycles. The molecular weight excluding hydrogens is 243 g/mol. The second kappa shape index (κ2) is 4.68. The average Bonchev–Trinajstić information content (AvgIpc) is 2.99. The molecule has 2 bridgehead atoms. The number of hydrogen-bond acceptors (Lipinski definition) is 2. The van der Waals surface area contributed by atoms with Crippen LogP contribution in [0.1, 0.15) is 23.2 Å². The lowest BCUT2D eigenvalue weighted by Gasteiger charge is -2.19. The first-order valence-electron chi connectivity index (χ1n) is 6.65. The summed E-state index contributed by atoms with van der Waals surface area (Å²) < 4.78 is 13.3. The number of fused-ring (bicyclic) bond motifs is 2. The Hall–Kier alpha value is -1.84. The van der Waals surface area contributed by atoms with Gasteiger partial charge < -0.3 is 11.1 Å². The SMILES string of the molecule is NC(=O)c1cc(NCC2CC3C=CC2C3)ccc1F. The van der Waals surface area contributed by atoms with Crippen molar-refractivity contribution in [3.63, 3.8) is 0 Å². The van der Waals surface area contributed by atoms with Crippen molar-refractivity contribution in [3.8, 4) is 0 Å². The number of halogens is 1. The fraction of sp³-hybridized carbons (Fsp3) is 0.400. The zero-order valence-electron chi connectivity index (χ0n) is 10.6. The van der Waals surface area contributed by atoms with Crippen molar-refractivity contribution in [2.24, 2.45) is 23.5 Å². The highest BCUT2D eigenvalue weighted by Crippen LogP contribution is 2.43. The molecule has 1 aromatic rings. The molecule has 3 nitrogen and oxygen atoms in total. The van der Waals surface area contributed by atoms with E-state index in [0.717, 1.165) is 18.2 Å². The zero-order chi connectivity index (χ0) is 13.4. The van der Waals surface area contributed by atoms with Crippen LogP contribution in [0.4, 0.5) is 10.1 Å². The molecule has 1 aromatic carbocycles. The van der Waals surface area contributed by atoms with E-state index in [1.165, 1.54) is 25.0 Å². The Morgan fingerprint density at radius 2 is 2.21 bits per heavy atom. The number of nitrogens with two attached hydrogens (primary N) is 1. The molecule has 2 aliphatic carbocycles. The van der Waals surface area contributed by atoms with Crippen LogP contribution >= 0.6 is 0 Å². The summed E-state index contributed by atoms with van der Waals surface area (Å²) in [6.45, 7) is 0.856. The molecule has 0 saturated heterocycles. The maximum Gasteiger partial charge on any atom is 0.251 e. The van der Waals surface area contributed by atoms with Gasteiger partial charge in [0.25, 0.3) is 5.91 Å². The van der Waals surface area contributed by atoms with Crippen LogP contribution in [-0.2, 0) is 0 Å². The van der Waals surface area contributed by atoms with Gasteiger partial charge in [-0.3, -0.25) is 4.79 Å². The van der Waals surface area contributed by atoms with Gasteiger partial charge in [0.1, 0.15) is 5.82 Å². The second-order valence-corrected chi connectivity index (χ2v) is 5.48. The summed E-state index contributed by atoms with van der Waals surface area (Å²) in [5, 5.41) is 3.29. The molecule has 0 radical (unpaired) electrons. The summed E-state index contributed by atoms with van der Waals surface area (Å²) in [5.41, 5.74) is 5.83. The van der Waals surface area contributed by atoms with Crippen LogP contribution < -0.4 is 11.1 Å². The van der Waals surface area contributed by atoms with E-state index in [9.17, 15) is 9.18 Å². The highest BCUT2D eigenvalue weighted by Gasteiger charge is 2.35. The Kier molecular flexibility index (Phi) is 3.01. The second-order valence-electron chi connectivity index (χ2n) is 5.48. The summed E-state index contributed by atoms with van der Waals surface area (Å²) in [6.07, 6.45) is 7.10. The molecule has 3 unspecified atom stereocenters. The van der Waals surface area contributed by atoms with Crippen LogP contribution in [0.3, 0.4) is 0 Å². The number of nitrogens with one attached hydrogen (secondary N) is 1. The average molecular weight is 260 g/mol. The van der Waals surface area contributed by atoms with Crippen LogP contribution in [0.5, 0.6) is 0 Å². The molecular formula is C15H17FN2O. The standard InChI is InChI=1S/C15H17FN2O/c16-14-4-3-12(7-13(14)15(17)19)18-8-11-6-9-1-2-10(11)5-9/h1-4,7,9-11,18H,5-6,8H2,(H2,17,19). The summed E-state index contributed by atoms with van der Waals surface area (Å²) in [6, 6.07) is 4.41. The Labute approximate surface area is 111 Å². The molecule has 1 amide bonds. The summed E-state index contributed by atoms with van der Waals surface area (Å²) in [7, 11) is 0. The summed E-state index contributed by atoms with van der Waals surface area (Å²) >= 11 is 0. The van der Waals surface area contributed by atoms with E-state index in [2.05, 4.69) is 17.5 Å². The lowest BCUT2D eigenvalue weighted by molar-refractivity contribution is 0.0996. The molecule has 0 aromatic heterocycles. The van der Waals surface area contributed by atoms with Crippen LogP contribution in [0.25, 0.3) is 0 Å². The largest absolute Gasteiger partial charge is 0.385 e. The molecule has 1 saturated carbocycles. The van der Waals surface area contributed by atoms with Crippen LogP contribution in [0.2, 0.25) is 0 Å². The van der Waals surface area contributed by atoms with Crippen molar-refractivity contribution in [2.75, 3.05) is 11.9 Å². The smallest absolute Gasteiger partial charge is 0.251 e. The number of primary amides is 1. The highest BCUT2D eigenvalue weighted by atomic mass is 19.1. The number of carbonyl (C=O) groups is 1. The predicted octanol–water partition coefficient (Wildman–Crippen LogP) is 2.55. The van der Waals surface area contributed by atoms with E-state index in [1.54, 1.807) is 6.07 Å². The number of amides is 1. The van der Waals surface area contributed by atoms with Gasteiger partial charge in [-0.1, -0.05) is 12.2 Å². The Morgan fingerprint density at radius 1 is 1.37 bits per heavy atom. The minimum atomic E-state index is -0.732. The highest BCUT2D eigenvalue weighted by molar-refractivity contribution is 5.94. The minimum Gasteiger partial charge on any atom is -0.385 e. The van der Waals surface area contributed by atoms with Crippen LogP contribution in [0, 0.1) is 23.6 Å². The van der Waals surface area contributed by atoms with Crippen LogP contribution in [0.15, 0.2) is 30.4 Å². The molecule has 3 atom stereocenters. The number of hydrogen-bond donors (Lipinski definition) is 2. The Bertz CT molecular complexity index is 541. The minimum absolute atomic E-state index is 0.0576. The molecule has 2 aliphatic rings. The fourth-order valence-electron chi connectivity index (χ4n) is 3.20. The van der Waals surface area contributed by atoms with E-state index in [4.69, 9.17) is 5.73 Å². The number of anilines is 1. The monoisotopic (exact) mass is 260 g/mol. The van der Waals surface area contributed by atoms with Gasteiger partial charge in [0.05, 0.1) is 5.56 Å². The topological polar surface area (TPSA) is 55.1 Å². The molecule has 100 valence electrons. The van der Waals surface area contributed by atoms with E-state index in [0.29, 0.717) is 11.8 Å². The van der Waals surface area contributed by atoms with E-state index < -0.39 is 11.7 Å². The summed E-state index contributed by atoms with van der Waals surface area (Å²) in [5.74, 6) is 0.752. The summed E-state index contributed by atoms with van der Waals surface area (Å²) in [4.78, 5) is 11.1. The number of allylic oxidation sites excluding steroid dienone is 2. The van der Waals surface area contributed by atoms with Crippen molar-refractivity contribution in [3.05, 3.63) is 41.7 Å². The fourth-order valence-corrected chi connectivity index (χ4v) is 3.20. The predicted molar refractivity (Wildman–Crippen MR) is 72.3 cm³/mol. The van der Waals surface area contributed by atoms with E-state index in [-0.39, 0.29) is 5.56 Å². The third-order valence-electron chi connectivity index (χ3n) is 4.22. The van der Waals surface area contributed by atoms with Gasteiger partial charge in [0.15, 0.2) is 0 Å². The first-order chi connectivity index (χ1) is 9.13. The first kappa shape index (κ1) is 12.2. The number of carbonyl (C=O) groups excluding carboxylic acids is 1. The first-order valence-corrected chi connectivity index (χ1v) is 6.65. The lowest BCUT2D eigenvalue weighted by Crippen LogP contribution is -2.19. The van der Waals surface area contributed by atoms with Gasteiger partial charge in [0.2, 0.25) is 0 Å². The van der Waals surface area contributed by atoms with Crippen LogP contribution in [-0.4, -0.2) is 12.5 Å². The molecule has 0 spiro atoms. The van der Waals surface area contributed by atoms with Crippen molar-refractivity contribution >= 4 is 11.6 Å². The number of rotatable bonds is 4. The van der Waals surface area contributed by atoms with Gasteiger partial charge in [-0.05, 0) is 48.8 Å². The van der Waals surface area contributed by atoms with Gasteiger partial charge in [0, 0.05) is 12.2 Å². The van der Waals surface area contributed by atoms with Crippen molar-refractivity contribution < 1.29 is 9.18 Å². The molecule has 3 N–H and O–H groups in total. The maximum atomic E-state index is 13.3. The zero-order valence-corrected chi connectivity index (χ0v) is 10.6.